The van der Waals surface area contributed by atoms with Crippen LogP contribution < -0.4 is 0 Å². The predicted octanol–water partition coefficient (Wildman–Crippen LogP) is 4.18. The number of hydrogen-bond donors (Lipinski definition) is 0. The third-order valence-corrected chi connectivity index (χ3v) is 5.67. The van der Waals surface area contributed by atoms with Crippen LogP contribution >= 0.6 is 23.4 Å². The van der Waals surface area contributed by atoms with Gasteiger partial charge in [-0.15, -0.1) is 0 Å². The third-order valence-electron chi connectivity index (χ3n) is 3.13. The Morgan fingerprint density at radius 3 is 2.32 bits per heavy atom. The monoisotopic (exact) mass is 354 g/mol. The van der Waals surface area contributed by atoms with Crippen molar-refractivity contribution in [2.75, 3.05) is 6.26 Å². The standard InChI is InChI=1S/C16H15ClO3S2/c1-3-11-9-14(21-12-7-5-4-6-8-12)15(22(2,19)20)10-13(11)16(17)18/h4-10H,3H2,1-2H3. The second-order valence-corrected chi connectivity index (χ2v) is 8.21. The number of carbonyl (C=O) groups is 1. The lowest BCUT2D eigenvalue weighted by molar-refractivity contribution is 0.108. The molecule has 0 atom stereocenters. The topological polar surface area (TPSA) is 51.2 Å². The van der Waals surface area contributed by atoms with Crippen molar-refractivity contribution in [1.29, 1.82) is 0 Å². The first kappa shape index (κ1) is 17.1. The summed E-state index contributed by atoms with van der Waals surface area (Å²) >= 11 is 6.94. The van der Waals surface area contributed by atoms with Crippen LogP contribution in [-0.4, -0.2) is 19.9 Å². The lowest BCUT2D eigenvalue weighted by Crippen LogP contribution is -2.05. The summed E-state index contributed by atoms with van der Waals surface area (Å²) in [7, 11) is -3.47. The van der Waals surface area contributed by atoms with E-state index in [1.165, 1.54) is 17.8 Å². The lowest BCUT2D eigenvalue weighted by atomic mass is 10.1. The van der Waals surface area contributed by atoms with E-state index in [-0.39, 0.29) is 10.5 Å². The third kappa shape index (κ3) is 3.91. The summed E-state index contributed by atoms with van der Waals surface area (Å²) in [5.74, 6) is 0. The fraction of sp³-hybridized carbons (Fsp3) is 0.188. The molecule has 2 rings (SSSR count). The summed E-state index contributed by atoms with van der Waals surface area (Å²) in [6, 6.07) is 12.6. The summed E-state index contributed by atoms with van der Waals surface area (Å²) in [5, 5.41) is -0.641. The van der Waals surface area contributed by atoms with Gasteiger partial charge in [-0.05, 0) is 47.9 Å². The molecule has 0 saturated heterocycles. The van der Waals surface area contributed by atoms with Gasteiger partial charge in [-0.2, -0.15) is 0 Å². The van der Waals surface area contributed by atoms with E-state index in [2.05, 4.69) is 0 Å². The zero-order chi connectivity index (χ0) is 16.3. The smallest absolute Gasteiger partial charge is 0.252 e. The highest BCUT2D eigenvalue weighted by molar-refractivity contribution is 8.00. The van der Waals surface area contributed by atoms with Crippen LogP contribution in [0.2, 0.25) is 0 Å². The molecule has 2 aromatic carbocycles. The molecule has 0 fully saturated rings. The second kappa shape index (κ2) is 6.86. The Bertz CT molecular complexity index is 800. The van der Waals surface area contributed by atoms with E-state index >= 15 is 0 Å². The number of benzene rings is 2. The van der Waals surface area contributed by atoms with Crippen molar-refractivity contribution in [3.63, 3.8) is 0 Å². The van der Waals surface area contributed by atoms with Crippen LogP contribution in [0.25, 0.3) is 0 Å². The van der Waals surface area contributed by atoms with Crippen molar-refractivity contribution >= 4 is 38.4 Å². The highest BCUT2D eigenvalue weighted by Gasteiger charge is 2.20. The van der Waals surface area contributed by atoms with Crippen LogP contribution in [-0.2, 0) is 16.3 Å². The molecule has 0 unspecified atom stereocenters. The average molecular weight is 355 g/mol. The summed E-state index contributed by atoms with van der Waals surface area (Å²) in [4.78, 5) is 13.2. The highest BCUT2D eigenvalue weighted by atomic mass is 35.5. The minimum atomic E-state index is -3.47. The fourth-order valence-electron chi connectivity index (χ4n) is 2.06. The molecule has 0 N–H and O–H groups in total. The quantitative estimate of drug-likeness (QED) is 0.756. The average Bonchev–Trinajstić information content (AvgIpc) is 2.46. The first-order valence-electron chi connectivity index (χ1n) is 6.62. The molecule has 0 bridgehead atoms. The Labute approximate surface area is 139 Å². The largest absolute Gasteiger partial charge is 0.276 e. The first-order valence-corrected chi connectivity index (χ1v) is 9.71. The lowest BCUT2D eigenvalue weighted by Gasteiger charge is -2.12. The van der Waals surface area contributed by atoms with Gasteiger partial charge in [0.2, 0.25) is 0 Å². The van der Waals surface area contributed by atoms with Gasteiger partial charge >= 0.3 is 0 Å². The Hall–Kier alpha value is -1.30. The molecule has 3 nitrogen and oxygen atoms in total. The number of aryl methyl sites for hydroxylation is 1. The molecule has 0 saturated carbocycles. The number of rotatable bonds is 5. The molecule has 0 radical (unpaired) electrons. The molecule has 0 aliphatic carbocycles. The molecular formula is C16H15ClO3S2. The van der Waals surface area contributed by atoms with Crippen molar-refractivity contribution in [3.05, 3.63) is 53.6 Å². The Morgan fingerprint density at radius 2 is 1.82 bits per heavy atom. The summed E-state index contributed by atoms with van der Waals surface area (Å²) in [5.41, 5.74) is 0.993. The van der Waals surface area contributed by atoms with Gasteiger partial charge in [-0.25, -0.2) is 8.42 Å². The predicted molar refractivity (Wildman–Crippen MR) is 89.7 cm³/mol. The number of sulfone groups is 1. The van der Waals surface area contributed by atoms with Crippen molar-refractivity contribution in [1.82, 2.24) is 0 Å². The minimum Gasteiger partial charge on any atom is -0.276 e. The molecule has 0 aliphatic heterocycles. The molecule has 22 heavy (non-hydrogen) atoms. The van der Waals surface area contributed by atoms with E-state index in [1.807, 2.05) is 37.3 Å². The van der Waals surface area contributed by atoms with Crippen LogP contribution in [0.5, 0.6) is 0 Å². The molecule has 116 valence electrons. The normalized spacial score (nSPS) is 11.4. The van der Waals surface area contributed by atoms with Gasteiger partial charge in [0, 0.05) is 21.6 Å². The fourth-order valence-corrected chi connectivity index (χ4v) is 4.48. The van der Waals surface area contributed by atoms with E-state index in [0.717, 1.165) is 16.7 Å². The SMILES string of the molecule is CCc1cc(Sc2ccccc2)c(S(C)(=O)=O)cc1C(=O)Cl. The molecular weight excluding hydrogens is 340 g/mol. The van der Waals surface area contributed by atoms with E-state index in [9.17, 15) is 13.2 Å². The molecule has 2 aromatic rings. The second-order valence-electron chi connectivity index (χ2n) is 4.77. The zero-order valence-corrected chi connectivity index (χ0v) is 14.6. The van der Waals surface area contributed by atoms with Crippen molar-refractivity contribution in [2.45, 2.75) is 28.0 Å². The van der Waals surface area contributed by atoms with Crippen LogP contribution in [0.4, 0.5) is 0 Å². The number of hydrogen-bond acceptors (Lipinski definition) is 4. The van der Waals surface area contributed by atoms with Gasteiger partial charge in [0.15, 0.2) is 9.84 Å². The van der Waals surface area contributed by atoms with Crippen molar-refractivity contribution in [2.24, 2.45) is 0 Å². The van der Waals surface area contributed by atoms with E-state index in [1.54, 1.807) is 6.07 Å². The van der Waals surface area contributed by atoms with Crippen LogP contribution in [0.3, 0.4) is 0 Å². The Balaban J connectivity index is 2.63. The summed E-state index contributed by atoms with van der Waals surface area (Å²) < 4.78 is 24.1. The van der Waals surface area contributed by atoms with Crippen LogP contribution in [0.15, 0.2) is 57.2 Å². The molecule has 0 aliphatic rings. The number of carbonyl (C=O) groups excluding carboxylic acids is 1. The van der Waals surface area contributed by atoms with E-state index in [0.29, 0.717) is 11.3 Å². The van der Waals surface area contributed by atoms with Gasteiger partial charge in [0.25, 0.3) is 5.24 Å². The van der Waals surface area contributed by atoms with Crippen LogP contribution in [0, 0.1) is 0 Å². The summed E-state index contributed by atoms with van der Waals surface area (Å²) in [6.07, 6.45) is 1.73. The van der Waals surface area contributed by atoms with E-state index < -0.39 is 15.1 Å². The molecule has 0 amide bonds. The maximum atomic E-state index is 12.1. The molecule has 0 heterocycles. The van der Waals surface area contributed by atoms with Gasteiger partial charge in [0.1, 0.15) is 0 Å². The van der Waals surface area contributed by atoms with Gasteiger partial charge in [0.05, 0.1) is 4.90 Å². The Morgan fingerprint density at radius 1 is 1.18 bits per heavy atom. The van der Waals surface area contributed by atoms with Gasteiger partial charge in [-0.3, -0.25) is 4.79 Å². The molecule has 6 heteroatoms. The highest BCUT2D eigenvalue weighted by Crippen LogP contribution is 2.35. The first-order chi connectivity index (χ1) is 10.3. The maximum absolute atomic E-state index is 12.1. The Kier molecular flexibility index (Phi) is 5.32. The van der Waals surface area contributed by atoms with Crippen molar-refractivity contribution < 1.29 is 13.2 Å². The number of halogens is 1. The van der Waals surface area contributed by atoms with E-state index in [4.69, 9.17) is 11.6 Å². The molecule has 0 aromatic heterocycles. The van der Waals surface area contributed by atoms with Gasteiger partial charge < -0.3 is 0 Å². The van der Waals surface area contributed by atoms with Gasteiger partial charge in [-0.1, -0.05) is 36.9 Å². The van der Waals surface area contributed by atoms with Crippen molar-refractivity contribution in [3.8, 4) is 0 Å². The maximum Gasteiger partial charge on any atom is 0.252 e. The summed E-state index contributed by atoms with van der Waals surface area (Å²) in [6.45, 7) is 1.90. The van der Waals surface area contributed by atoms with Crippen LogP contribution in [0.1, 0.15) is 22.8 Å². The molecule has 0 spiro atoms. The zero-order valence-electron chi connectivity index (χ0n) is 12.2. The minimum absolute atomic E-state index is 0.127.